The maximum absolute atomic E-state index is 12.6. The molecule has 3 aromatic rings. The molecule has 2 N–H and O–H groups in total. The van der Waals surface area contributed by atoms with Crippen molar-refractivity contribution in [1.82, 2.24) is 0 Å². The van der Waals surface area contributed by atoms with E-state index in [9.17, 15) is 4.79 Å². The van der Waals surface area contributed by atoms with Crippen molar-refractivity contribution in [3.05, 3.63) is 70.1 Å². The third kappa shape index (κ3) is 4.49. The van der Waals surface area contributed by atoms with Gasteiger partial charge in [-0.1, -0.05) is 55.5 Å². The number of thiocarbonyl (C=S) groups is 1. The lowest BCUT2D eigenvalue weighted by molar-refractivity contribution is 0.0603. The van der Waals surface area contributed by atoms with E-state index in [4.69, 9.17) is 17.0 Å². The molecule has 0 unspecified atom stereocenters. The number of ether oxygens (including phenoxy) is 1. The lowest BCUT2D eigenvalue weighted by Crippen LogP contribution is -2.21. The first-order valence-corrected chi connectivity index (χ1v) is 10.6. The second kappa shape index (κ2) is 9.20. The Morgan fingerprint density at radius 1 is 1.07 bits per heavy atom. The number of hydrogen-bond acceptors (Lipinski definition) is 4. The molecule has 0 aliphatic rings. The molecule has 3 rings (SSSR count). The van der Waals surface area contributed by atoms with Gasteiger partial charge in [0.15, 0.2) is 5.11 Å². The van der Waals surface area contributed by atoms with Crippen LogP contribution in [0.3, 0.4) is 0 Å². The van der Waals surface area contributed by atoms with Crippen molar-refractivity contribution in [3.8, 4) is 11.1 Å². The van der Waals surface area contributed by atoms with Gasteiger partial charge in [-0.2, -0.15) is 0 Å². The second-order valence-electron chi connectivity index (χ2n) is 6.64. The molecule has 0 amide bonds. The van der Waals surface area contributed by atoms with Crippen molar-refractivity contribution in [2.75, 3.05) is 17.7 Å². The van der Waals surface area contributed by atoms with Crippen molar-refractivity contribution in [2.45, 2.75) is 27.2 Å². The molecule has 29 heavy (non-hydrogen) atoms. The van der Waals surface area contributed by atoms with E-state index in [1.165, 1.54) is 24.0 Å². The van der Waals surface area contributed by atoms with Gasteiger partial charge in [-0.25, -0.2) is 4.79 Å². The molecule has 0 fully saturated rings. The molecule has 4 nitrogen and oxygen atoms in total. The van der Waals surface area contributed by atoms with Crippen LogP contribution in [-0.2, 0) is 11.2 Å². The Labute approximate surface area is 180 Å². The summed E-state index contributed by atoms with van der Waals surface area (Å²) in [7, 11) is 1.39. The Bertz CT molecular complexity index is 1040. The summed E-state index contributed by atoms with van der Waals surface area (Å²) in [6, 6.07) is 16.0. The average molecular weight is 425 g/mol. The van der Waals surface area contributed by atoms with E-state index in [2.05, 4.69) is 23.6 Å². The number of para-hydroxylation sites is 1. The highest BCUT2D eigenvalue weighted by Crippen LogP contribution is 2.40. The number of anilines is 2. The number of benzene rings is 2. The Hall–Kier alpha value is -2.70. The minimum atomic E-state index is -0.386. The van der Waals surface area contributed by atoms with Crippen molar-refractivity contribution in [2.24, 2.45) is 0 Å². The number of methoxy groups -OCH3 is 1. The zero-order chi connectivity index (χ0) is 21.0. The number of aryl methyl sites for hydroxylation is 3. The summed E-state index contributed by atoms with van der Waals surface area (Å²) >= 11 is 7.06. The molecular weight excluding hydrogens is 400 g/mol. The number of carbonyl (C=O) groups is 1. The maximum atomic E-state index is 12.6. The lowest BCUT2D eigenvalue weighted by atomic mass is 10.0. The monoisotopic (exact) mass is 424 g/mol. The van der Waals surface area contributed by atoms with Crippen LogP contribution in [0.1, 0.15) is 33.3 Å². The van der Waals surface area contributed by atoms with E-state index in [0.29, 0.717) is 15.7 Å². The van der Waals surface area contributed by atoms with Gasteiger partial charge in [-0.15, -0.1) is 11.3 Å². The van der Waals surface area contributed by atoms with Crippen LogP contribution in [0.4, 0.5) is 10.7 Å². The van der Waals surface area contributed by atoms with Crippen LogP contribution in [0, 0.1) is 13.8 Å². The van der Waals surface area contributed by atoms with Crippen LogP contribution in [0.25, 0.3) is 11.1 Å². The van der Waals surface area contributed by atoms with Gasteiger partial charge < -0.3 is 15.4 Å². The number of hydrogen-bond donors (Lipinski definition) is 2. The van der Waals surface area contributed by atoms with Crippen LogP contribution in [0.2, 0.25) is 0 Å². The Morgan fingerprint density at radius 3 is 2.45 bits per heavy atom. The van der Waals surface area contributed by atoms with Crippen LogP contribution >= 0.6 is 23.6 Å². The SMILES string of the molecule is CCc1cccc(C)c1NC(=S)Nc1sc(C)c(-c2ccccc2)c1C(=O)OC. The fraction of sp³-hybridized carbons (Fsp3) is 0.217. The van der Waals surface area contributed by atoms with Gasteiger partial charge in [0.2, 0.25) is 0 Å². The van der Waals surface area contributed by atoms with Crippen molar-refractivity contribution in [1.29, 1.82) is 0 Å². The fourth-order valence-electron chi connectivity index (χ4n) is 3.33. The first-order chi connectivity index (χ1) is 14.0. The molecule has 1 heterocycles. The largest absolute Gasteiger partial charge is 0.465 e. The topological polar surface area (TPSA) is 50.4 Å². The quantitative estimate of drug-likeness (QED) is 0.378. The van der Waals surface area contributed by atoms with Crippen LogP contribution in [0.15, 0.2) is 48.5 Å². The van der Waals surface area contributed by atoms with Crippen molar-refractivity contribution >= 4 is 45.3 Å². The van der Waals surface area contributed by atoms with Gasteiger partial charge >= 0.3 is 5.97 Å². The number of esters is 1. The number of thiophene rings is 1. The van der Waals surface area contributed by atoms with Gasteiger partial charge in [0.25, 0.3) is 0 Å². The Balaban J connectivity index is 1.96. The smallest absolute Gasteiger partial charge is 0.341 e. The standard InChI is InChI=1S/C23H24N2O2S2/c1-5-16-13-9-10-14(2)20(16)24-23(28)25-21-19(22(26)27-4)18(15(3)29-21)17-11-7-6-8-12-17/h6-13H,5H2,1-4H3,(H2,24,25,28). The predicted octanol–water partition coefficient (Wildman–Crippen LogP) is 6.19. The summed E-state index contributed by atoms with van der Waals surface area (Å²) in [5, 5.41) is 7.65. The van der Waals surface area contributed by atoms with E-state index < -0.39 is 0 Å². The van der Waals surface area contributed by atoms with Crippen molar-refractivity contribution in [3.63, 3.8) is 0 Å². The van der Waals surface area contributed by atoms with Crippen LogP contribution in [-0.4, -0.2) is 18.2 Å². The maximum Gasteiger partial charge on any atom is 0.341 e. The normalized spacial score (nSPS) is 10.5. The summed E-state index contributed by atoms with van der Waals surface area (Å²) in [6.07, 6.45) is 0.899. The molecule has 0 saturated heterocycles. The predicted molar refractivity (Wildman–Crippen MR) is 126 cm³/mol. The van der Waals surface area contributed by atoms with Gasteiger partial charge in [0.05, 0.1) is 7.11 Å². The zero-order valence-electron chi connectivity index (χ0n) is 17.0. The number of nitrogens with one attached hydrogen (secondary N) is 2. The second-order valence-corrected chi connectivity index (χ2v) is 8.27. The number of rotatable bonds is 5. The molecule has 0 radical (unpaired) electrons. The van der Waals surface area contributed by atoms with E-state index in [1.54, 1.807) is 0 Å². The molecule has 6 heteroatoms. The highest BCUT2D eigenvalue weighted by molar-refractivity contribution is 7.80. The Kier molecular flexibility index (Phi) is 6.67. The molecule has 0 spiro atoms. The first kappa shape index (κ1) is 21.0. The van der Waals surface area contributed by atoms with Gasteiger partial charge in [-0.3, -0.25) is 0 Å². The summed E-state index contributed by atoms with van der Waals surface area (Å²) < 4.78 is 5.07. The highest BCUT2D eigenvalue weighted by atomic mass is 32.1. The molecule has 0 bridgehead atoms. The summed E-state index contributed by atoms with van der Waals surface area (Å²) in [4.78, 5) is 13.6. The van der Waals surface area contributed by atoms with E-state index in [0.717, 1.165) is 33.7 Å². The average Bonchev–Trinajstić information content (AvgIpc) is 3.05. The summed E-state index contributed by atoms with van der Waals surface area (Å²) in [5.74, 6) is -0.386. The Morgan fingerprint density at radius 2 is 1.79 bits per heavy atom. The van der Waals surface area contributed by atoms with Crippen LogP contribution in [0.5, 0.6) is 0 Å². The fourth-order valence-corrected chi connectivity index (χ4v) is 4.67. The molecule has 0 atom stereocenters. The minimum absolute atomic E-state index is 0.386. The molecule has 0 aliphatic heterocycles. The zero-order valence-corrected chi connectivity index (χ0v) is 18.6. The van der Waals surface area contributed by atoms with E-state index in [1.807, 2.05) is 56.3 Å². The van der Waals surface area contributed by atoms with Crippen LogP contribution < -0.4 is 10.6 Å². The lowest BCUT2D eigenvalue weighted by Gasteiger charge is -2.16. The summed E-state index contributed by atoms with van der Waals surface area (Å²) in [6.45, 7) is 6.16. The first-order valence-electron chi connectivity index (χ1n) is 9.39. The molecule has 1 aromatic heterocycles. The van der Waals surface area contributed by atoms with E-state index in [-0.39, 0.29) is 5.97 Å². The third-order valence-corrected chi connectivity index (χ3v) is 5.97. The van der Waals surface area contributed by atoms with Gasteiger partial charge in [-0.05, 0) is 49.2 Å². The van der Waals surface area contributed by atoms with Gasteiger partial charge in [0, 0.05) is 16.1 Å². The molecule has 2 aromatic carbocycles. The summed E-state index contributed by atoms with van der Waals surface area (Å²) in [5.41, 5.74) is 5.66. The van der Waals surface area contributed by atoms with Crippen molar-refractivity contribution < 1.29 is 9.53 Å². The van der Waals surface area contributed by atoms with E-state index >= 15 is 0 Å². The molecule has 150 valence electrons. The molecule has 0 aliphatic carbocycles. The minimum Gasteiger partial charge on any atom is -0.465 e. The highest BCUT2D eigenvalue weighted by Gasteiger charge is 2.24. The van der Waals surface area contributed by atoms with Gasteiger partial charge in [0.1, 0.15) is 10.6 Å². The third-order valence-electron chi connectivity index (χ3n) is 4.74. The molecule has 0 saturated carbocycles. The number of carbonyl (C=O) groups excluding carboxylic acids is 1. The molecular formula is C23H24N2O2S2.